The highest BCUT2D eigenvalue weighted by molar-refractivity contribution is 5.72. The number of nitrogens with one attached hydrogen (secondary N) is 1. The smallest absolute Gasteiger partial charge is 0.216 e. The Morgan fingerprint density at radius 3 is 2.74 bits per heavy atom. The van der Waals surface area contributed by atoms with Crippen LogP contribution in [0, 0.1) is 5.92 Å². The lowest BCUT2D eigenvalue weighted by Gasteiger charge is -2.35. The molecule has 0 spiro atoms. The Balaban J connectivity index is 1.58. The van der Waals surface area contributed by atoms with Gasteiger partial charge in [0.25, 0.3) is 0 Å². The summed E-state index contributed by atoms with van der Waals surface area (Å²) in [6.45, 7) is 7.89. The lowest BCUT2D eigenvalue weighted by molar-refractivity contribution is -0.119. The van der Waals surface area contributed by atoms with Crippen molar-refractivity contribution < 1.29 is 14.3 Å². The summed E-state index contributed by atoms with van der Waals surface area (Å²) in [6.07, 6.45) is 3.82. The molecular weight excluding hydrogens is 244 g/mol. The van der Waals surface area contributed by atoms with Crippen LogP contribution in [0.5, 0.6) is 0 Å². The molecule has 0 unspecified atom stereocenters. The van der Waals surface area contributed by atoms with Crippen LogP contribution in [0.3, 0.4) is 0 Å². The maximum Gasteiger partial charge on any atom is 0.216 e. The first-order valence-electron chi connectivity index (χ1n) is 7.40. The number of carbonyl (C=O) groups is 1. The topological polar surface area (TPSA) is 50.8 Å². The van der Waals surface area contributed by atoms with E-state index in [1.807, 2.05) is 0 Å². The molecule has 110 valence electrons. The van der Waals surface area contributed by atoms with Gasteiger partial charge >= 0.3 is 0 Å². The van der Waals surface area contributed by atoms with E-state index in [1.165, 1.54) is 12.8 Å². The second-order valence-electron chi connectivity index (χ2n) is 5.58. The van der Waals surface area contributed by atoms with E-state index in [0.717, 1.165) is 58.3 Å². The Morgan fingerprint density at radius 2 is 2.11 bits per heavy atom. The van der Waals surface area contributed by atoms with Gasteiger partial charge in [0.1, 0.15) is 0 Å². The number of ether oxygens (including phenoxy) is 2. The molecule has 0 aliphatic carbocycles. The highest BCUT2D eigenvalue weighted by Gasteiger charge is 2.23. The molecule has 2 heterocycles. The molecule has 5 heteroatoms. The van der Waals surface area contributed by atoms with E-state index in [2.05, 4.69) is 10.2 Å². The molecular formula is C14H26N2O3. The van der Waals surface area contributed by atoms with Crippen molar-refractivity contribution in [2.24, 2.45) is 5.92 Å². The fourth-order valence-electron chi connectivity index (χ4n) is 2.84. The number of likely N-dealkylation sites (tertiary alicyclic amines) is 1. The van der Waals surface area contributed by atoms with Crippen molar-refractivity contribution in [1.29, 1.82) is 0 Å². The van der Waals surface area contributed by atoms with Gasteiger partial charge in [-0.2, -0.15) is 0 Å². The van der Waals surface area contributed by atoms with Crippen molar-refractivity contribution >= 4 is 5.91 Å². The van der Waals surface area contributed by atoms with Crippen molar-refractivity contribution in [3.63, 3.8) is 0 Å². The molecule has 5 nitrogen and oxygen atoms in total. The normalized spacial score (nSPS) is 26.3. The van der Waals surface area contributed by atoms with Crippen molar-refractivity contribution in [3.8, 4) is 0 Å². The maximum atomic E-state index is 10.8. The standard InChI is InChI=1S/C14H26N2O3/c1-12(17)15-5-2-13-3-6-16(7-4-13)10-14-11-18-8-9-19-14/h13-14H,2-11H2,1H3,(H,15,17)/t14-/m0/s1. The van der Waals surface area contributed by atoms with Crippen LogP contribution in [0.1, 0.15) is 26.2 Å². The quantitative estimate of drug-likeness (QED) is 0.796. The van der Waals surface area contributed by atoms with Gasteiger partial charge in [-0.25, -0.2) is 0 Å². The number of hydrogen-bond acceptors (Lipinski definition) is 4. The number of hydrogen-bond donors (Lipinski definition) is 1. The molecule has 19 heavy (non-hydrogen) atoms. The Labute approximate surface area is 115 Å². The molecule has 1 amide bonds. The predicted octanol–water partition coefficient (Wildman–Crippen LogP) is 0.640. The Hall–Kier alpha value is -0.650. The second kappa shape index (κ2) is 7.82. The van der Waals surface area contributed by atoms with E-state index in [4.69, 9.17) is 9.47 Å². The van der Waals surface area contributed by atoms with Gasteiger partial charge in [0, 0.05) is 20.0 Å². The minimum absolute atomic E-state index is 0.0758. The highest BCUT2D eigenvalue weighted by atomic mass is 16.6. The molecule has 2 rings (SSSR count). The summed E-state index contributed by atoms with van der Waals surface area (Å²) >= 11 is 0. The average molecular weight is 270 g/mol. The minimum Gasteiger partial charge on any atom is -0.376 e. The molecule has 1 N–H and O–H groups in total. The Morgan fingerprint density at radius 1 is 1.32 bits per heavy atom. The van der Waals surface area contributed by atoms with Crippen molar-refractivity contribution in [2.75, 3.05) is 46.0 Å². The molecule has 1 atom stereocenters. The molecule has 0 aromatic heterocycles. The third-order valence-corrected chi connectivity index (χ3v) is 3.98. The summed E-state index contributed by atoms with van der Waals surface area (Å²) in [6, 6.07) is 0. The molecule has 2 fully saturated rings. The Kier molecular flexibility index (Phi) is 6.07. The number of carbonyl (C=O) groups excluding carboxylic acids is 1. The van der Waals surface area contributed by atoms with Crippen LogP contribution in [0.4, 0.5) is 0 Å². The van der Waals surface area contributed by atoms with E-state index in [0.29, 0.717) is 0 Å². The fourth-order valence-corrected chi connectivity index (χ4v) is 2.84. The summed E-state index contributed by atoms with van der Waals surface area (Å²) in [4.78, 5) is 13.3. The van der Waals surface area contributed by atoms with Crippen molar-refractivity contribution in [1.82, 2.24) is 10.2 Å². The van der Waals surface area contributed by atoms with E-state index >= 15 is 0 Å². The van der Waals surface area contributed by atoms with Crippen LogP contribution in [0.2, 0.25) is 0 Å². The van der Waals surface area contributed by atoms with Crippen LogP contribution in [-0.4, -0.2) is 62.9 Å². The Bertz CT molecular complexity index is 272. The maximum absolute atomic E-state index is 10.8. The van der Waals surface area contributed by atoms with Gasteiger partial charge in [-0.1, -0.05) is 0 Å². The zero-order chi connectivity index (χ0) is 13.5. The van der Waals surface area contributed by atoms with E-state index in [1.54, 1.807) is 6.92 Å². The average Bonchev–Trinajstić information content (AvgIpc) is 2.42. The molecule has 0 saturated carbocycles. The van der Waals surface area contributed by atoms with Crippen molar-refractivity contribution in [2.45, 2.75) is 32.3 Å². The number of amides is 1. The molecule has 2 aliphatic rings. The fraction of sp³-hybridized carbons (Fsp3) is 0.929. The lowest BCUT2D eigenvalue weighted by atomic mass is 9.93. The third kappa shape index (κ3) is 5.47. The number of rotatable bonds is 5. The van der Waals surface area contributed by atoms with Gasteiger partial charge in [-0.3, -0.25) is 4.79 Å². The van der Waals surface area contributed by atoms with Gasteiger partial charge in [0.2, 0.25) is 5.91 Å². The number of piperidine rings is 1. The highest BCUT2D eigenvalue weighted by Crippen LogP contribution is 2.20. The molecule has 2 saturated heterocycles. The zero-order valence-corrected chi connectivity index (χ0v) is 11.9. The first-order valence-corrected chi connectivity index (χ1v) is 7.40. The molecule has 0 aromatic rings. The van der Waals surface area contributed by atoms with Crippen LogP contribution in [-0.2, 0) is 14.3 Å². The van der Waals surface area contributed by atoms with Crippen LogP contribution in [0.25, 0.3) is 0 Å². The van der Waals surface area contributed by atoms with Gasteiger partial charge in [0.15, 0.2) is 0 Å². The predicted molar refractivity (Wildman–Crippen MR) is 73.0 cm³/mol. The van der Waals surface area contributed by atoms with Crippen LogP contribution in [0.15, 0.2) is 0 Å². The van der Waals surface area contributed by atoms with E-state index < -0.39 is 0 Å². The van der Waals surface area contributed by atoms with Gasteiger partial charge < -0.3 is 19.7 Å². The van der Waals surface area contributed by atoms with Gasteiger partial charge in [-0.05, 0) is 38.3 Å². The summed E-state index contributed by atoms with van der Waals surface area (Å²) < 4.78 is 11.1. The molecule has 0 aromatic carbocycles. The van der Waals surface area contributed by atoms with E-state index in [-0.39, 0.29) is 12.0 Å². The molecule has 0 bridgehead atoms. The molecule has 0 radical (unpaired) electrons. The van der Waals surface area contributed by atoms with Gasteiger partial charge in [0.05, 0.1) is 25.9 Å². The lowest BCUT2D eigenvalue weighted by Crippen LogP contribution is -2.43. The summed E-state index contributed by atoms with van der Waals surface area (Å²) in [5, 5.41) is 2.88. The van der Waals surface area contributed by atoms with Crippen LogP contribution >= 0.6 is 0 Å². The monoisotopic (exact) mass is 270 g/mol. The summed E-state index contributed by atoms with van der Waals surface area (Å²) in [5.74, 6) is 0.832. The third-order valence-electron chi connectivity index (χ3n) is 3.98. The zero-order valence-electron chi connectivity index (χ0n) is 11.9. The molecule has 2 aliphatic heterocycles. The first-order chi connectivity index (χ1) is 9.24. The SMILES string of the molecule is CC(=O)NCCC1CCN(C[C@H]2COCCO2)CC1. The second-order valence-corrected chi connectivity index (χ2v) is 5.58. The summed E-state index contributed by atoms with van der Waals surface area (Å²) in [5.41, 5.74) is 0. The van der Waals surface area contributed by atoms with E-state index in [9.17, 15) is 4.79 Å². The van der Waals surface area contributed by atoms with Crippen LogP contribution < -0.4 is 5.32 Å². The minimum atomic E-state index is 0.0758. The number of nitrogens with zero attached hydrogens (tertiary/aromatic N) is 1. The summed E-state index contributed by atoms with van der Waals surface area (Å²) in [7, 11) is 0. The van der Waals surface area contributed by atoms with Crippen molar-refractivity contribution in [3.05, 3.63) is 0 Å². The first kappa shape index (κ1) is 14.8. The largest absolute Gasteiger partial charge is 0.376 e. The van der Waals surface area contributed by atoms with Gasteiger partial charge in [-0.15, -0.1) is 0 Å².